The van der Waals surface area contributed by atoms with Gasteiger partial charge < -0.3 is 35.7 Å². The number of hydrogen-bond donors (Lipinski definition) is 6. The smallest absolute Gasteiger partial charge is 0.209 e. The normalized spacial score (nSPS) is 12.6. The number of anilines is 1. The Bertz CT molecular complexity index is 1350. The molecule has 4 heterocycles. The first kappa shape index (κ1) is 22.0. The van der Waals surface area contributed by atoms with Crippen molar-refractivity contribution in [3.63, 3.8) is 0 Å². The maximum atomic E-state index is 9.48. The van der Waals surface area contributed by atoms with Crippen LogP contribution >= 0.6 is 0 Å². The van der Waals surface area contributed by atoms with Crippen molar-refractivity contribution in [3.8, 4) is 17.6 Å². The minimum Gasteiger partial charge on any atom is -0.394 e. The number of pyridine rings is 2. The van der Waals surface area contributed by atoms with Crippen LogP contribution in [0, 0.1) is 11.5 Å². The molecule has 4 aromatic rings. The summed E-state index contributed by atoms with van der Waals surface area (Å²) in [5.41, 5.74) is 4.76. The van der Waals surface area contributed by atoms with E-state index < -0.39 is 12.7 Å². The molecule has 0 fully saturated rings. The van der Waals surface area contributed by atoms with Crippen LogP contribution in [0.2, 0.25) is 0 Å². The fourth-order valence-corrected chi connectivity index (χ4v) is 3.48. The number of rotatable bonds is 7. The van der Waals surface area contributed by atoms with Crippen LogP contribution in [0.25, 0.3) is 33.5 Å². The molecule has 33 heavy (non-hydrogen) atoms. The van der Waals surface area contributed by atoms with Crippen LogP contribution in [-0.4, -0.2) is 67.0 Å². The molecule has 4 rings (SSSR count). The van der Waals surface area contributed by atoms with Crippen LogP contribution in [0.4, 0.5) is 5.82 Å². The van der Waals surface area contributed by atoms with Gasteiger partial charge in [0.15, 0.2) is 5.82 Å². The number of aliphatic hydroxyl groups excluding tert-OH is 2. The number of fused-ring (bicyclic) bond motifs is 3. The second-order valence-electron chi connectivity index (χ2n) is 7.35. The zero-order valence-corrected chi connectivity index (χ0v) is 18.2. The van der Waals surface area contributed by atoms with E-state index in [0.717, 1.165) is 39.1 Å². The van der Waals surface area contributed by atoms with Crippen LogP contribution in [0.15, 0.2) is 35.6 Å². The van der Waals surface area contributed by atoms with Gasteiger partial charge in [0, 0.05) is 26.0 Å². The number of nitrogens with zero attached hydrogens (tertiary/aromatic N) is 6. The topological polar surface area (TPSA) is 172 Å². The van der Waals surface area contributed by atoms with Gasteiger partial charge in [-0.15, -0.1) is 4.99 Å². The Morgan fingerprint density at radius 1 is 1.33 bits per heavy atom. The first-order valence-electron chi connectivity index (χ1n) is 10.2. The maximum Gasteiger partial charge on any atom is 0.209 e. The highest BCUT2D eigenvalue weighted by atomic mass is 16.3. The second kappa shape index (κ2) is 9.51. The van der Waals surface area contributed by atoms with Crippen molar-refractivity contribution in [3.05, 3.63) is 36.3 Å². The molecule has 0 amide bonds. The molecule has 0 aliphatic carbocycles. The Morgan fingerprint density at radius 2 is 2.18 bits per heavy atom. The summed E-state index contributed by atoms with van der Waals surface area (Å²) in [5.74, 6) is 0.880. The first-order valence-corrected chi connectivity index (χ1v) is 10.2. The Kier molecular flexibility index (Phi) is 6.34. The lowest BCUT2D eigenvalue weighted by molar-refractivity contribution is 0.0980. The lowest BCUT2D eigenvalue weighted by Crippen LogP contribution is -2.41. The quantitative estimate of drug-likeness (QED) is 0.133. The minimum absolute atomic E-state index is 0.0522. The zero-order valence-electron chi connectivity index (χ0n) is 18.2. The van der Waals surface area contributed by atoms with E-state index in [1.54, 1.807) is 12.5 Å². The van der Waals surface area contributed by atoms with Gasteiger partial charge in [-0.3, -0.25) is 0 Å². The largest absolute Gasteiger partial charge is 0.394 e. The summed E-state index contributed by atoms with van der Waals surface area (Å²) in [6, 6.07) is 7.64. The van der Waals surface area contributed by atoms with Crippen LogP contribution in [0.1, 0.15) is 5.69 Å². The number of imidazole rings is 1. The number of aliphatic imine (C=N–C) groups is 1. The summed E-state index contributed by atoms with van der Waals surface area (Å²) in [6.07, 6.45) is 2.50. The molecule has 12 heteroatoms. The zero-order chi connectivity index (χ0) is 23.4. The number of aromatic amines is 1. The number of hydrogen-bond acceptors (Lipinski definition) is 8. The van der Waals surface area contributed by atoms with Crippen LogP contribution in [0.3, 0.4) is 0 Å². The van der Waals surface area contributed by atoms with E-state index in [4.69, 9.17) is 15.4 Å². The summed E-state index contributed by atoms with van der Waals surface area (Å²) in [7, 11) is 3.76. The van der Waals surface area contributed by atoms with E-state index >= 15 is 0 Å². The standard InChI is InChI=1S/C21H24N10O2/c1-23-20-17-18(31(2)11-27-17)14-6-16(29-19(14)30-20)15-5-3-4-12(28-15)7-24-21(26-10-22)25-8-13(33)9-32/h3-6,11,13,32-33H,7-9H2,1-2H3,(H2,23,29,30)(H2,24,25,26). The van der Waals surface area contributed by atoms with Crippen molar-refractivity contribution in [1.82, 2.24) is 35.1 Å². The molecule has 0 saturated heterocycles. The lowest BCUT2D eigenvalue weighted by Gasteiger charge is -2.13. The monoisotopic (exact) mass is 448 g/mol. The summed E-state index contributed by atoms with van der Waals surface area (Å²) in [4.78, 5) is 20.8. The highest BCUT2D eigenvalue weighted by Gasteiger charge is 2.15. The summed E-state index contributed by atoms with van der Waals surface area (Å²) >= 11 is 0. The van der Waals surface area contributed by atoms with Crippen molar-refractivity contribution in [2.75, 3.05) is 25.5 Å². The summed E-state index contributed by atoms with van der Waals surface area (Å²) in [6.45, 7) is -0.0434. The number of nitrogens with one attached hydrogen (secondary N) is 4. The molecule has 0 aliphatic rings. The summed E-state index contributed by atoms with van der Waals surface area (Å²) in [5, 5.41) is 37.1. The van der Waals surface area contributed by atoms with Crippen molar-refractivity contribution in [1.29, 1.82) is 5.26 Å². The van der Waals surface area contributed by atoms with Gasteiger partial charge in [-0.2, -0.15) is 5.26 Å². The average Bonchev–Trinajstić information content (AvgIpc) is 3.43. The molecule has 12 nitrogen and oxygen atoms in total. The van der Waals surface area contributed by atoms with E-state index in [2.05, 4.69) is 35.9 Å². The molecule has 4 aromatic heterocycles. The molecular weight excluding hydrogens is 424 g/mol. The predicted molar refractivity (Wildman–Crippen MR) is 124 cm³/mol. The molecule has 0 saturated carbocycles. The number of aryl methyl sites for hydroxylation is 1. The van der Waals surface area contributed by atoms with E-state index in [9.17, 15) is 5.11 Å². The molecule has 0 bridgehead atoms. The van der Waals surface area contributed by atoms with Gasteiger partial charge in [-0.05, 0) is 18.2 Å². The van der Waals surface area contributed by atoms with Gasteiger partial charge in [-0.1, -0.05) is 6.07 Å². The van der Waals surface area contributed by atoms with E-state index in [0.29, 0.717) is 12.4 Å². The fraction of sp³-hybridized carbons (Fsp3) is 0.286. The van der Waals surface area contributed by atoms with Crippen molar-refractivity contribution >= 4 is 33.8 Å². The summed E-state index contributed by atoms with van der Waals surface area (Å²) < 4.78 is 1.96. The molecule has 6 N–H and O–H groups in total. The molecule has 1 atom stereocenters. The third-order valence-corrected chi connectivity index (χ3v) is 5.07. The number of H-pyrrole nitrogens is 1. The fourth-order valence-electron chi connectivity index (χ4n) is 3.48. The van der Waals surface area contributed by atoms with Gasteiger partial charge in [0.05, 0.1) is 48.2 Å². The average molecular weight is 448 g/mol. The number of guanidine groups is 1. The van der Waals surface area contributed by atoms with Crippen molar-refractivity contribution < 1.29 is 10.2 Å². The lowest BCUT2D eigenvalue weighted by atomic mass is 10.2. The number of aliphatic hydroxyl groups is 2. The SMILES string of the molecule is CNc1nc2[nH]c(-c3cccc(CN/C(=N\C#N)NCC(O)CO)n3)cc2c2c1ncn2C. The molecule has 1 unspecified atom stereocenters. The van der Waals surface area contributed by atoms with E-state index in [-0.39, 0.29) is 12.5 Å². The highest BCUT2D eigenvalue weighted by Crippen LogP contribution is 2.31. The van der Waals surface area contributed by atoms with Crippen molar-refractivity contribution in [2.45, 2.75) is 12.6 Å². The Balaban J connectivity index is 1.59. The third-order valence-electron chi connectivity index (χ3n) is 5.07. The molecule has 0 spiro atoms. The van der Waals surface area contributed by atoms with Crippen LogP contribution in [-0.2, 0) is 13.6 Å². The van der Waals surface area contributed by atoms with Gasteiger partial charge in [0.25, 0.3) is 0 Å². The Morgan fingerprint density at radius 3 is 2.94 bits per heavy atom. The Labute approximate surface area is 189 Å². The maximum absolute atomic E-state index is 9.48. The van der Waals surface area contributed by atoms with Gasteiger partial charge in [0.1, 0.15) is 11.2 Å². The minimum atomic E-state index is -0.956. The molecule has 0 aromatic carbocycles. The van der Waals surface area contributed by atoms with Gasteiger partial charge >= 0.3 is 0 Å². The highest BCUT2D eigenvalue weighted by molar-refractivity contribution is 6.07. The Hall–Kier alpha value is -4.21. The molecule has 0 aliphatic heterocycles. The van der Waals surface area contributed by atoms with Gasteiger partial charge in [0.2, 0.25) is 12.2 Å². The van der Waals surface area contributed by atoms with Crippen LogP contribution in [0.5, 0.6) is 0 Å². The second-order valence-corrected chi connectivity index (χ2v) is 7.35. The van der Waals surface area contributed by atoms with Gasteiger partial charge in [-0.25, -0.2) is 15.0 Å². The van der Waals surface area contributed by atoms with Crippen LogP contribution < -0.4 is 16.0 Å². The first-order chi connectivity index (χ1) is 16.0. The number of aromatic nitrogens is 5. The number of nitriles is 1. The van der Waals surface area contributed by atoms with E-state index in [1.165, 1.54) is 0 Å². The molecular formula is C21H24N10O2. The molecule has 0 radical (unpaired) electrons. The van der Waals surface area contributed by atoms with Crippen molar-refractivity contribution in [2.24, 2.45) is 12.0 Å². The third kappa shape index (κ3) is 4.54. The van der Waals surface area contributed by atoms with E-state index in [1.807, 2.05) is 42.9 Å². The predicted octanol–water partition coefficient (Wildman–Crippen LogP) is 0.423. The molecule has 170 valence electrons.